The van der Waals surface area contributed by atoms with Crippen LogP contribution in [0.3, 0.4) is 0 Å². The molecule has 158 valence electrons. The summed E-state index contributed by atoms with van der Waals surface area (Å²) in [5, 5.41) is 6.11. The summed E-state index contributed by atoms with van der Waals surface area (Å²) in [6.45, 7) is 3.69. The van der Waals surface area contributed by atoms with Gasteiger partial charge in [0.1, 0.15) is 0 Å². The number of nitrogens with zero attached hydrogens (tertiary/aromatic N) is 2. The number of nitrogens with one attached hydrogen (secondary N) is 2. The lowest BCUT2D eigenvalue weighted by molar-refractivity contribution is -0.137. The molecule has 0 spiro atoms. The van der Waals surface area contributed by atoms with E-state index in [1.54, 1.807) is 7.05 Å². The van der Waals surface area contributed by atoms with Crippen LogP contribution in [0.4, 0.5) is 13.2 Å². The number of alkyl halides is 3. The molecule has 1 fully saturated rings. The zero-order valence-electron chi connectivity index (χ0n) is 16.2. The first kappa shape index (κ1) is 24.5. The van der Waals surface area contributed by atoms with E-state index in [1.165, 1.54) is 18.6 Å². The number of amides is 1. The largest absolute Gasteiger partial charge is 0.416 e. The van der Waals surface area contributed by atoms with Gasteiger partial charge in [0, 0.05) is 39.1 Å². The molecule has 1 aromatic rings. The lowest BCUT2D eigenvalue weighted by atomic mass is 10.0. The number of rotatable bonds is 5. The molecular weight excluding hydrogens is 484 g/mol. The van der Waals surface area contributed by atoms with Gasteiger partial charge in [-0.3, -0.25) is 9.79 Å². The third kappa shape index (κ3) is 7.48. The first-order valence-electron chi connectivity index (χ1n) is 9.21. The molecule has 0 bridgehead atoms. The van der Waals surface area contributed by atoms with Gasteiger partial charge in [0.2, 0.25) is 5.91 Å². The summed E-state index contributed by atoms with van der Waals surface area (Å²) in [6.07, 6.45) is -0.674. The molecule has 0 radical (unpaired) electrons. The summed E-state index contributed by atoms with van der Waals surface area (Å²) in [4.78, 5) is 18.3. The molecule has 0 saturated carbocycles. The van der Waals surface area contributed by atoms with E-state index in [1.807, 2.05) is 4.90 Å². The fraction of sp³-hybridized carbons (Fsp3) is 0.579. The van der Waals surface area contributed by atoms with Gasteiger partial charge in [-0.2, -0.15) is 13.2 Å². The maximum absolute atomic E-state index is 12.6. The molecule has 1 amide bonds. The highest BCUT2D eigenvalue weighted by atomic mass is 127. The van der Waals surface area contributed by atoms with Crippen LogP contribution in [0.5, 0.6) is 0 Å². The van der Waals surface area contributed by atoms with Crippen molar-refractivity contribution in [2.75, 3.05) is 20.1 Å². The van der Waals surface area contributed by atoms with E-state index < -0.39 is 11.7 Å². The highest BCUT2D eigenvalue weighted by molar-refractivity contribution is 14.0. The number of guanidine groups is 1. The van der Waals surface area contributed by atoms with Crippen LogP contribution in [0, 0.1) is 0 Å². The molecule has 1 unspecified atom stereocenters. The van der Waals surface area contributed by atoms with Crippen molar-refractivity contribution in [1.82, 2.24) is 15.5 Å². The quantitative estimate of drug-likeness (QED) is 0.359. The Morgan fingerprint density at radius 3 is 2.46 bits per heavy atom. The Kier molecular flexibility index (Phi) is 10.0. The topological polar surface area (TPSA) is 56.7 Å². The van der Waals surface area contributed by atoms with Crippen LogP contribution in [0.25, 0.3) is 0 Å². The predicted octanol–water partition coefficient (Wildman–Crippen LogP) is 3.78. The van der Waals surface area contributed by atoms with Crippen LogP contribution in [0.2, 0.25) is 0 Å². The summed E-state index contributed by atoms with van der Waals surface area (Å²) in [5.74, 6) is 0.641. The van der Waals surface area contributed by atoms with Crippen LogP contribution in [-0.2, 0) is 17.5 Å². The number of likely N-dealkylation sites (tertiary alicyclic amines) is 1. The molecule has 1 aromatic carbocycles. The Labute approximate surface area is 181 Å². The Morgan fingerprint density at radius 2 is 1.89 bits per heavy atom. The highest BCUT2D eigenvalue weighted by Crippen LogP contribution is 2.29. The van der Waals surface area contributed by atoms with Gasteiger partial charge in [-0.05, 0) is 43.9 Å². The van der Waals surface area contributed by atoms with Crippen molar-refractivity contribution in [2.24, 2.45) is 4.99 Å². The van der Waals surface area contributed by atoms with E-state index in [-0.39, 0.29) is 29.9 Å². The molecule has 5 nitrogen and oxygen atoms in total. The Balaban J connectivity index is 0.00000392. The average molecular weight is 512 g/mol. The van der Waals surface area contributed by atoms with Gasteiger partial charge in [0.05, 0.1) is 5.56 Å². The smallest absolute Gasteiger partial charge is 0.356 e. The summed E-state index contributed by atoms with van der Waals surface area (Å²) in [5.41, 5.74) is 0.0448. The van der Waals surface area contributed by atoms with Gasteiger partial charge in [0.25, 0.3) is 0 Å². The number of aliphatic imine (C=N–C) groups is 1. The summed E-state index contributed by atoms with van der Waals surface area (Å²) in [6, 6.07) is 5.29. The number of hydrogen-bond acceptors (Lipinski definition) is 2. The van der Waals surface area contributed by atoms with Crippen LogP contribution < -0.4 is 10.6 Å². The van der Waals surface area contributed by atoms with Gasteiger partial charge in [-0.1, -0.05) is 12.1 Å². The maximum Gasteiger partial charge on any atom is 0.416 e. The Morgan fingerprint density at radius 1 is 1.21 bits per heavy atom. The van der Waals surface area contributed by atoms with E-state index in [2.05, 4.69) is 22.5 Å². The first-order valence-corrected chi connectivity index (χ1v) is 9.21. The lowest BCUT2D eigenvalue weighted by Crippen LogP contribution is -2.44. The molecule has 1 aliphatic heterocycles. The second-order valence-electron chi connectivity index (χ2n) is 6.73. The van der Waals surface area contributed by atoms with E-state index in [9.17, 15) is 18.0 Å². The molecule has 2 N–H and O–H groups in total. The summed E-state index contributed by atoms with van der Waals surface area (Å²) >= 11 is 0. The van der Waals surface area contributed by atoms with E-state index >= 15 is 0 Å². The second kappa shape index (κ2) is 11.5. The van der Waals surface area contributed by atoms with Crippen molar-refractivity contribution in [2.45, 2.75) is 51.4 Å². The third-order valence-corrected chi connectivity index (χ3v) is 4.72. The van der Waals surface area contributed by atoms with Crippen molar-refractivity contribution < 1.29 is 18.0 Å². The van der Waals surface area contributed by atoms with Gasteiger partial charge < -0.3 is 15.5 Å². The number of halogens is 4. The van der Waals surface area contributed by atoms with Crippen molar-refractivity contribution in [3.05, 3.63) is 35.4 Å². The number of benzene rings is 1. The monoisotopic (exact) mass is 512 g/mol. The van der Waals surface area contributed by atoms with Gasteiger partial charge >= 0.3 is 6.18 Å². The van der Waals surface area contributed by atoms with Gasteiger partial charge in [-0.25, -0.2) is 0 Å². The first-order chi connectivity index (χ1) is 12.8. The van der Waals surface area contributed by atoms with Crippen LogP contribution in [0.1, 0.15) is 43.7 Å². The minimum atomic E-state index is -4.33. The standard InChI is InChI=1S/C19H27F3N4O.HI/c1-14-5-3-4-12-26(14)17(27)10-11-24-18(23-2)25-13-15-6-8-16(9-7-15)19(20,21)22;/h6-9,14H,3-5,10-13H2,1-2H3,(H2,23,24,25);1H. The lowest BCUT2D eigenvalue weighted by Gasteiger charge is -2.33. The Hall–Kier alpha value is -1.52. The SMILES string of the molecule is CN=C(NCCC(=O)N1CCCCC1C)NCc1ccc(C(F)(F)F)cc1.I. The molecule has 28 heavy (non-hydrogen) atoms. The number of carbonyl (C=O) groups excluding carboxylic acids is 1. The van der Waals surface area contributed by atoms with Crippen LogP contribution in [0.15, 0.2) is 29.3 Å². The normalized spacial score (nSPS) is 17.7. The minimum absolute atomic E-state index is 0. The van der Waals surface area contributed by atoms with Crippen molar-refractivity contribution in [1.29, 1.82) is 0 Å². The molecular formula is C19H28F3IN4O. The Bertz CT molecular complexity index is 650. The number of hydrogen-bond donors (Lipinski definition) is 2. The predicted molar refractivity (Wildman–Crippen MR) is 115 cm³/mol. The van der Waals surface area contributed by atoms with E-state index in [0.717, 1.165) is 31.5 Å². The summed E-state index contributed by atoms with van der Waals surface area (Å²) in [7, 11) is 1.61. The van der Waals surface area contributed by atoms with Crippen LogP contribution >= 0.6 is 24.0 Å². The van der Waals surface area contributed by atoms with Crippen molar-refractivity contribution >= 4 is 35.8 Å². The fourth-order valence-corrected chi connectivity index (χ4v) is 3.12. The summed E-state index contributed by atoms with van der Waals surface area (Å²) < 4.78 is 37.7. The molecule has 0 aliphatic carbocycles. The molecule has 1 atom stereocenters. The number of carbonyl (C=O) groups is 1. The zero-order chi connectivity index (χ0) is 19.9. The van der Waals surface area contributed by atoms with E-state index in [0.29, 0.717) is 37.1 Å². The van der Waals surface area contributed by atoms with Gasteiger partial charge in [-0.15, -0.1) is 24.0 Å². The maximum atomic E-state index is 12.6. The molecule has 2 rings (SSSR count). The fourth-order valence-electron chi connectivity index (χ4n) is 3.12. The van der Waals surface area contributed by atoms with Crippen LogP contribution in [-0.4, -0.2) is 42.9 Å². The molecule has 1 heterocycles. The number of piperidine rings is 1. The van der Waals surface area contributed by atoms with E-state index in [4.69, 9.17) is 0 Å². The zero-order valence-corrected chi connectivity index (χ0v) is 18.5. The molecule has 1 aliphatic rings. The second-order valence-corrected chi connectivity index (χ2v) is 6.73. The van der Waals surface area contributed by atoms with Crippen molar-refractivity contribution in [3.8, 4) is 0 Å². The van der Waals surface area contributed by atoms with Gasteiger partial charge in [0.15, 0.2) is 5.96 Å². The molecule has 1 saturated heterocycles. The molecule has 0 aromatic heterocycles. The third-order valence-electron chi connectivity index (χ3n) is 4.72. The minimum Gasteiger partial charge on any atom is -0.356 e. The average Bonchev–Trinajstić information content (AvgIpc) is 2.64. The highest BCUT2D eigenvalue weighted by Gasteiger charge is 2.29. The molecule has 9 heteroatoms. The van der Waals surface area contributed by atoms with Crippen molar-refractivity contribution in [3.63, 3.8) is 0 Å².